The number of allylic oxidation sites excluding steroid dienone is 1. The van der Waals surface area contributed by atoms with Crippen LogP contribution in [0.2, 0.25) is 0 Å². The average molecular weight is 399 g/mol. The van der Waals surface area contributed by atoms with Gasteiger partial charge in [0.15, 0.2) is 0 Å². The number of nitriles is 1. The first-order valence-electron chi connectivity index (χ1n) is 10.5. The van der Waals surface area contributed by atoms with Crippen molar-refractivity contribution in [3.63, 3.8) is 0 Å². The van der Waals surface area contributed by atoms with E-state index >= 15 is 0 Å². The van der Waals surface area contributed by atoms with Crippen molar-refractivity contribution in [2.75, 3.05) is 19.6 Å². The second-order valence-electron chi connectivity index (χ2n) is 8.12. The second-order valence-corrected chi connectivity index (χ2v) is 8.12. The van der Waals surface area contributed by atoms with E-state index in [1.165, 1.54) is 16.0 Å². The van der Waals surface area contributed by atoms with Crippen LogP contribution in [-0.4, -0.2) is 19.6 Å². The molecule has 4 heteroatoms. The minimum atomic E-state index is -0.165. The summed E-state index contributed by atoms with van der Waals surface area (Å²) >= 11 is 0. The summed E-state index contributed by atoms with van der Waals surface area (Å²) in [5, 5.41) is 9.92. The molecule has 0 saturated carbocycles. The van der Waals surface area contributed by atoms with E-state index in [-0.39, 0.29) is 11.8 Å². The number of likely N-dealkylation sites (N-methyl/N-ethyl adjacent to an activating group) is 1. The molecule has 1 unspecified atom stereocenters. The Kier molecular flexibility index (Phi) is 5.48. The zero-order chi connectivity index (χ0) is 21.3. The minimum absolute atomic E-state index is 0.165. The molecule has 0 aliphatic carbocycles. The SMILES string of the molecule is CC[NH+]1CC2=C(OC(N)=C(C#N)[C@H]2c2ccccc2C)/C(=C/c2ccccc2C)C1. The fourth-order valence-corrected chi connectivity index (χ4v) is 4.49. The highest BCUT2D eigenvalue weighted by atomic mass is 16.5. The van der Waals surface area contributed by atoms with Crippen molar-refractivity contribution in [2.45, 2.75) is 26.7 Å². The molecule has 0 saturated heterocycles. The van der Waals surface area contributed by atoms with Gasteiger partial charge in [-0.15, -0.1) is 0 Å². The Hall–Kier alpha value is -3.29. The van der Waals surface area contributed by atoms with Gasteiger partial charge >= 0.3 is 0 Å². The van der Waals surface area contributed by atoms with Crippen molar-refractivity contribution in [3.8, 4) is 6.07 Å². The lowest BCUT2D eigenvalue weighted by molar-refractivity contribution is -0.890. The first kappa shape index (κ1) is 20.0. The summed E-state index contributed by atoms with van der Waals surface area (Å²) < 4.78 is 6.14. The van der Waals surface area contributed by atoms with Gasteiger partial charge in [-0.2, -0.15) is 5.26 Å². The quantitative estimate of drug-likeness (QED) is 0.833. The highest BCUT2D eigenvalue weighted by Gasteiger charge is 2.39. The monoisotopic (exact) mass is 398 g/mol. The molecule has 0 spiro atoms. The van der Waals surface area contributed by atoms with E-state index in [0.717, 1.165) is 47.7 Å². The normalized spacial score (nSPS) is 22.5. The van der Waals surface area contributed by atoms with E-state index in [9.17, 15) is 5.26 Å². The number of quaternary nitrogens is 1. The van der Waals surface area contributed by atoms with E-state index < -0.39 is 0 Å². The number of nitrogens with one attached hydrogen (secondary N) is 1. The van der Waals surface area contributed by atoms with E-state index in [2.05, 4.69) is 69.3 Å². The molecule has 0 fully saturated rings. The van der Waals surface area contributed by atoms with E-state index in [1.54, 1.807) is 0 Å². The largest absolute Gasteiger partial charge is 0.440 e. The summed E-state index contributed by atoms with van der Waals surface area (Å²) in [5.74, 6) is 0.905. The van der Waals surface area contributed by atoms with Crippen LogP contribution in [0.3, 0.4) is 0 Å². The van der Waals surface area contributed by atoms with Gasteiger partial charge in [-0.1, -0.05) is 48.5 Å². The summed E-state index contributed by atoms with van der Waals surface area (Å²) in [6, 6.07) is 18.9. The molecular formula is C26H28N3O+. The van der Waals surface area contributed by atoms with Gasteiger partial charge in [-0.05, 0) is 49.1 Å². The number of hydrogen-bond acceptors (Lipinski definition) is 3. The van der Waals surface area contributed by atoms with Crippen LogP contribution in [0, 0.1) is 25.2 Å². The molecule has 2 atom stereocenters. The Morgan fingerprint density at radius 3 is 2.47 bits per heavy atom. The highest BCUT2D eigenvalue weighted by molar-refractivity contribution is 5.64. The molecule has 3 N–H and O–H groups in total. The number of aryl methyl sites for hydroxylation is 2. The molecule has 4 nitrogen and oxygen atoms in total. The van der Waals surface area contributed by atoms with Gasteiger partial charge in [0, 0.05) is 11.1 Å². The Bertz CT molecular complexity index is 1120. The van der Waals surface area contributed by atoms with Crippen molar-refractivity contribution in [2.24, 2.45) is 5.73 Å². The maximum absolute atomic E-state index is 9.92. The fourth-order valence-electron chi connectivity index (χ4n) is 4.49. The number of benzene rings is 2. The molecule has 2 heterocycles. The standard InChI is InChI=1S/C26H27N3O/c1-4-29-15-20(13-19-11-7-5-9-17(19)2)25-23(16-29)24(22(14-27)26(28)30-25)21-12-8-6-10-18(21)3/h5-13,24H,4,15-16,28H2,1-3H3/p+1/b20-13+/t24-/m1/s1. The zero-order valence-corrected chi connectivity index (χ0v) is 17.8. The number of nitrogens with two attached hydrogens (primary N) is 1. The van der Waals surface area contributed by atoms with Crippen molar-refractivity contribution < 1.29 is 9.64 Å². The van der Waals surface area contributed by atoms with Gasteiger partial charge < -0.3 is 15.4 Å². The van der Waals surface area contributed by atoms with Crippen molar-refractivity contribution in [1.29, 1.82) is 5.26 Å². The summed E-state index contributed by atoms with van der Waals surface area (Å²) in [5.41, 5.74) is 13.8. The predicted molar refractivity (Wildman–Crippen MR) is 119 cm³/mol. The maximum Gasteiger partial charge on any atom is 0.205 e. The Balaban J connectivity index is 1.92. The molecule has 0 aromatic heterocycles. The van der Waals surface area contributed by atoms with Crippen LogP contribution >= 0.6 is 0 Å². The summed E-state index contributed by atoms with van der Waals surface area (Å²) in [7, 11) is 0. The van der Waals surface area contributed by atoms with Gasteiger partial charge in [0.2, 0.25) is 5.88 Å². The number of nitrogens with zero attached hydrogens (tertiary/aromatic N) is 1. The van der Waals surface area contributed by atoms with Gasteiger partial charge in [-0.3, -0.25) is 0 Å². The van der Waals surface area contributed by atoms with Crippen LogP contribution in [0.4, 0.5) is 0 Å². The average Bonchev–Trinajstić information content (AvgIpc) is 2.75. The predicted octanol–water partition coefficient (Wildman–Crippen LogP) is 3.37. The molecule has 2 aromatic carbocycles. The van der Waals surface area contributed by atoms with Crippen molar-refractivity contribution in [3.05, 3.63) is 99.1 Å². The molecule has 2 aliphatic rings. The lowest BCUT2D eigenvalue weighted by atomic mass is 9.78. The van der Waals surface area contributed by atoms with Crippen LogP contribution < -0.4 is 10.6 Å². The molecule has 2 aromatic rings. The molecule has 0 bridgehead atoms. The first-order chi connectivity index (χ1) is 14.5. The Morgan fingerprint density at radius 2 is 1.80 bits per heavy atom. The van der Waals surface area contributed by atoms with Gasteiger partial charge in [0.25, 0.3) is 0 Å². The van der Waals surface area contributed by atoms with E-state index in [0.29, 0.717) is 5.57 Å². The molecule has 30 heavy (non-hydrogen) atoms. The topological polar surface area (TPSA) is 63.5 Å². The minimum Gasteiger partial charge on any atom is -0.440 e. The summed E-state index contributed by atoms with van der Waals surface area (Å²) in [4.78, 5) is 1.45. The lowest BCUT2D eigenvalue weighted by Gasteiger charge is -2.36. The highest BCUT2D eigenvalue weighted by Crippen LogP contribution is 2.42. The molecular weight excluding hydrogens is 370 g/mol. The van der Waals surface area contributed by atoms with Crippen molar-refractivity contribution >= 4 is 6.08 Å². The van der Waals surface area contributed by atoms with Crippen LogP contribution in [0.1, 0.15) is 35.1 Å². The lowest BCUT2D eigenvalue weighted by Crippen LogP contribution is -3.12. The van der Waals surface area contributed by atoms with E-state index in [1.807, 2.05) is 12.1 Å². The first-order valence-corrected chi connectivity index (χ1v) is 10.5. The van der Waals surface area contributed by atoms with Gasteiger partial charge in [0.05, 0.1) is 12.5 Å². The molecule has 2 aliphatic heterocycles. The number of hydrogen-bond donors (Lipinski definition) is 2. The Labute approximate surface area is 178 Å². The third kappa shape index (κ3) is 3.53. The zero-order valence-electron chi connectivity index (χ0n) is 17.8. The molecule has 4 rings (SSSR count). The Morgan fingerprint density at radius 1 is 1.10 bits per heavy atom. The molecule has 152 valence electrons. The maximum atomic E-state index is 9.92. The van der Waals surface area contributed by atoms with Gasteiger partial charge in [0.1, 0.15) is 30.5 Å². The van der Waals surface area contributed by atoms with Crippen LogP contribution in [0.5, 0.6) is 0 Å². The van der Waals surface area contributed by atoms with Crippen LogP contribution in [0.15, 0.2) is 76.9 Å². The van der Waals surface area contributed by atoms with Gasteiger partial charge in [-0.25, -0.2) is 0 Å². The third-order valence-corrected chi connectivity index (χ3v) is 6.22. The smallest absolute Gasteiger partial charge is 0.205 e. The van der Waals surface area contributed by atoms with E-state index in [4.69, 9.17) is 10.5 Å². The van der Waals surface area contributed by atoms with Crippen molar-refractivity contribution in [1.82, 2.24) is 0 Å². The second kappa shape index (κ2) is 8.22. The summed E-state index contributed by atoms with van der Waals surface area (Å²) in [6.07, 6.45) is 2.22. The summed E-state index contributed by atoms with van der Waals surface area (Å²) in [6.45, 7) is 9.13. The molecule has 0 amide bonds. The number of ether oxygens (including phenoxy) is 1. The van der Waals surface area contributed by atoms with Crippen LogP contribution in [0.25, 0.3) is 6.08 Å². The van der Waals surface area contributed by atoms with Crippen LogP contribution in [-0.2, 0) is 4.74 Å². The number of rotatable bonds is 3. The fraction of sp³-hybridized carbons (Fsp3) is 0.269. The molecule has 0 radical (unpaired) electrons. The third-order valence-electron chi connectivity index (χ3n) is 6.22.